The number of esters is 1. The SMILES string of the molecule is COCC(=O)O.COCC(=O)OC(=O)OCC(C)C.N#COCCCCCN1C(=O)C=CC1=O.O=C(O)C(=O)O.O=C(O)C(=O)O.O=C(O)CCCCCCN1C(=O)C=CC1=O.[CH2-][C@@H]1CCCC[C@H]1[NH-].[CH2-][C@@H]1CCCC[C@H]1[NH-].[Pt+2].[Pt+2]. The third kappa shape index (κ3) is 54.0. The van der Waals surface area contributed by atoms with E-state index in [0.29, 0.717) is 38.0 Å². The number of rotatable bonds is 19. The van der Waals surface area contributed by atoms with Gasteiger partial charge in [-0.05, 0) is 38.0 Å². The number of carbonyl (C=O) groups is 12. The van der Waals surface area contributed by atoms with Gasteiger partial charge in [-0.25, -0.2) is 33.6 Å². The monoisotopic (exact) mass is 1510 g/mol. The summed E-state index contributed by atoms with van der Waals surface area (Å²) in [6.07, 6.45) is 20.9. The molecule has 4 rings (SSSR count). The van der Waals surface area contributed by atoms with Crippen LogP contribution in [-0.4, -0.2) is 178 Å². The molecule has 2 saturated carbocycles. The van der Waals surface area contributed by atoms with E-state index in [2.05, 4.69) is 37.5 Å². The first-order valence-electron chi connectivity index (χ1n) is 24.5. The number of methoxy groups -OCH3 is 2. The number of imide groups is 2. The van der Waals surface area contributed by atoms with Gasteiger partial charge < -0.3 is 79.6 Å². The van der Waals surface area contributed by atoms with Crippen molar-refractivity contribution in [1.82, 2.24) is 9.80 Å². The predicted molar refractivity (Wildman–Crippen MR) is 273 cm³/mol. The van der Waals surface area contributed by atoms with Crippen LogP contribution in [0.15, 0.2) is 24.3 Å². The van der Waals surface area contributed by atoms with Crippen molar-refractivity contribution in [3.8, 4) is 6.26 Å². The molecule has 2 aliphatic carbocycles. The zero-order chi connectivity index (χ0) is 60.6. The Kier molecular flexibility index (Phi) is 58.6. The topological polar surface area (TPSA) is 450 Å². The van der Waals surface area contributed by atoms with Gasteiger partial charge >= 0.3 is 90.1 Å². The standard InChI is InChI=1S/C11H15NO4.C10H12N2O3.C8H14O5.2C7H13N.C3H6O3.2C2H2O4.2Pt/c13-9-6-7-10(14)12(9)8-4-2-1-3-5-11(15)16;11-8-15-7-3-1-2-6-12-9(13)4-5-10(12)14;1-6(2)4-12-8(10)13-7(9)5-11-3;2*1-6-4-2-3-5-7(6)8;1-6-2-3(4)5;2*3-1(4)2(5)6;;/h6-7H,1-5,8H2,(H,15,16);4-5H,1-3,6-7H2;6H,4-5H2,1-3H3;2*6-8H,1-5H2;2H2,1H3,(H,4,5);2*(H,3,4)(H,5,6);;/q;;;2*-2;;;;2*+2/t;;;2*6-,7-;;;;;/m...11...../s1. The summed E-state index contributed by atoms with van der Waals surface area (Å²) < 4.78 is 21.9. The minimum atomic E-state index is -1.82. The molecule has 2 heterocycles. The molecule has 80 heavy (non-hydrogen) atoms. The summed E-state index contributed by atoms with van der Waals surface area (Å²) >= 11 is 0. The summed E-state index contributed by atoms with van der Waals surface area (Å²) in [5, 5.41) is 53.8. The van der Waals surface area contributed by atoms with Crippen LogP contribution in [0.1, 0.15) is 117 Å². The van der Waals surface area contributed by atoms with E-state index < -0.39 is 47.9 Å². The molecule has 0 aromatic heterocycles. The zero-order valence-electron chi connectivity index (χ0n) is 45.3. The number of carbonyl (C=O) groups excluding carboxylic acids is 6. The molecule has 0 radical (unpaired) electrons. The number of nitrogens with one attached hydrogen (secondary N) is 2. The molecule has 2 fully saturated rings. The largest absolute Gasteiger partial charge is 2.00 e. The van der Waals surface area contributed by atoms with Crippen LogP contribution in [0, 0.1) is 43.1 Å². The molecule has 4 atom stereocenters. The van der Waals surface area contributed by atoms with Crippen LogP contribution in [-0.2, 0) is 119 Å². The van der Waals surface area contributed by atoms with E-state index in [1.165, 1.54) is 86.8 Å². The number of nitrogens with zero attached hydrogens (tertiary/aromatic N) is 3. The van der Waals surface area contributed by atoms with Gasteiger partial charge in [0.1, 0.15) is 19.8 Å². The molecule has 2 aliphatic heterocycles. The van der Waals surface area contributed by atoms with Gasteiger partial charge in [0.05, 0.1) is 6.61 Å². The molecule has 0 aromatic carbocycles. The second-order valence-electron chi connectivity index (χ2n) is 17.1. The summed E-state index contributed by atoms with van der Waals surface area (Å²) in [5.41, 5.74) is 14.8. The summed E-state index contributed by atoms with van der Waals surface area (Å²) in [6, 6.07) is 0.285. The Hall–Kier alpha value is -5.97. The Morgan fingerprint density at radius 2 is 0.963 bits per heavy atom. The molecule has 4 aliphatic rings. The van der Waals surface area contributed by atoms with Crippen molar-refractivity contribution in [2.45, 2.75) is 129 Å². The first-order valence-corrected chi connectivity index (χ1v) is 24.5. The van der Waals surface area contributed by atoms with E-state index in [4.69, 9.17) is 66.5 Å². The fraction of sp³-hybridized carbons (Fsp3) is 0.620. The smallest absolute Gasteiger partial charge is 0.677 e. The zero-order valence-corrected chi connectivity index (χ0v) is 49.8. The molecule has 0 saturated heterocycles. The van der Waals surface area contributed by atoms with E-state index in [0.717, 1.165) is 51.4 Å². The van der Waals surface area contributed by atoms with E-state index in [-0.39, 0.29) is 110 Å². The molecule has 0 spiro atoms. The normalized spacial score (nSPS) is 16.9. The van der Waals surface area contributed by atoms with Crippen LogP contribution in [0.5, 0.6) is 0 Å². The Bertz CT molecular complexity index is 1840. The van der Waals surface area contributed by atoms with Gasteiger partial charge in [-0.15, -0.1) is 0 Å². The van der Waals surface area contributed by atoms with Crippen molar-refractivity contribution in [1.29, 1.82) is 5.26 Å². The van der Waals surface area contributed by atoms with Crippen LogP contribution in [0.4, 0.5) is 4.79 Å². The van der Waals surface area contributed by atoms with Gasteiger partial charge in [-0.2, -0.15) is 29.2 Å². The van der Waals surface area contributed by atoms with Gasteiger partial charge in [0.25, 0.3) is 29.9 Å². The molecule has 8 N–H and O–H groups in total. The van der Waals surface area contributed by atoms with Gasteiger partial charge in [0.15, 0.2) is 0 Å². The molecule has 460 valence electrons. The minimum absolute atomic E-state index is 0. The number of amides is 4. The molecule has 4 amide bonds. The van der Waals surface area contributed by atoms with Crippen LogP contribution < -0.4 is 0 Å². The van der Waals surface area contributed by atoms with Gasteiger partial charge in [-0.1, -0.05) is 78.1 Å². The van der Waals surface area contributed by atoms with E-state index in [1.54, 1.807) is 6.26 Å². The first kappa shape index (κ1) is 85.3. The summed E-state index contributed by atoms with van der Waals surface area (Å²) in [7, 11) is 2.68. The third-order valence-corrected chi connectivity index (χ3v) is 9.96. The fourth-order valence-electron chi connectivity index (χ4n) is 5.91. The quantitative estimate of drug-likeness (QED) is 0.0180. The van der Waals surface area contributed by atoms with Crippen molar-refractivity contribution in [3.63, 3.8) is 0 Å². The Labute approximate surface area is 494 Å². The third-order valence-electron chi connectivity index (χ3n) is 9.96. The van der Waals surface area contributed by atoms with Crippen molar-refractivity contribution in [3.05, 3.63) is 49.6 Å². The van der Waals surface area contributed by atoms with Gasteiger partial charge in [0, 0.05) is 58.0 Å². The predicted octanol–water partition coefficient (Wildman–Crippen LogP) is 5.38. The number of nitriles is 1. The maximum absolute atomic E-state index is 11.1. The number of carboxylic acids is 6. The number of hydrogen-bond acceptors (Lipinski definition) is 18. The molecule has 28 nitrogen and oxygen atoms in total. The van der Waals surface area contributed by atoms with Crippen molar-refractivity contribution in [2.24, 2.45) is 17.8 Å². The number of ether oxygens (including phenoxy) is 5. The molecule has 0 bridgehead atoms. The number of hydrogen-bond donors (Lipinski definition) is 6. The van der Waals surface area contributed by atoms with E-state index >= 15 is 0 Å². The maximum Gasteiger partial charge on any atom is 2.00 e. The molecule has 0 aromatic rings. The summed E-state index contributed by atoms with van der Waals surface area (Å²) in [6.45, 7) is 12.6. The number of aliphatic carboxylic acids is 6. The van der Waals surface area contributed by atoms with E-state index in [1.807, 2.05) is 13.8 Å². The number of unbranched alkanes of at least 4 members (excludes halogenated alkanes) is 5. The second-order valence-corrected chi connectivity index (χ2v) is 17.1. The molecule has 0 unspecified atom stereocenters. The molecular weight excluding hydrogens is 1430 g/mol. The first-order chi connectivity index (χ1) is 36.6. The average Bonchev–Trinajstić information content (AvgIpc) is 3.86. The minimum Gasteiger partial charge on any atom is -0.677 e. The Balaban J connectivity index is -0.000000201. The van der Waals surface area contributed by atoms with E-state index in [9.17, 15) is 38.4 Å². The van der Waals surface area contributed by atoms with Crippen LogP contribution in [0.3, 0.4) is 0 Å². The molecular formula is C50H77N5O23Pt2. The van der Waals surface area contributed by atoms with Crippen LogP contribution in [0.2, 0.25) is 0 Å². The van der Waals surface area contributed by atoms with Crippen LogP contribution >= 0.6 is 0 Å². The van der Waals surface area contributed by atoms with Crippen molar-refractivity contribution < 1.29 is 154 Å². The van der Waals surface area contributed by atoms with Gasteiger partial charge in [-0.3, -0.25) is 33.8 Å². The number of carboxylic acid groups (broad SMARTS) is 6. The van der Waals surface area contributed by atoms with Gasteiger partial charge in [0.2, 0.25) is 0 Å². The van der Waals surface area contributed by atoms with Crippen LogP contribution in [0.25, 0.3) is 11.5 Å². The van der Waals surface area contributed by atoms with Crippen molar-refractivity contribution in [2.75, 3.05) is 53.7 Å². The Morgan fingerprint density at radius 1 is 0.600 bits per heavy atom. The molecule has 30 heteroatoms. The second kappa shape index (κ2) is 55.0. The summed E-state index contributed by atoms with van der Waals surface area (Å²) in [4.78, 5) is 124. The fourth-order valence-corrected chi connectivity index (χ4v) is 5.91. The Morgan fingerprint density at radius 3 is 1.24 bits per heavy atom. The average molecular weight is 1510 g/mol. The van der Waals surface area contributed by atoms with Crippen molar-refractivity contribution >= 4 is 71.6 Å². The maximum atomic E-state index is 11.1. The summed E-state index contributed by atoms with van der Waals surface area (Å²) in [5.74, 6) is -9.71.